The van der Waals surface area contributed by atoms with Gasteiger partial charge in [0.25, 0.3) is 0 Å². The highest BCUT2D eigenvalue weighted by atomic mass is 19.1. The quantitative estimate of drug-likeness (QED) is 0.834. The normalized spacial score (nSPS) is 13.0. The number of rotatable bonds is 3. The van der Waals surface area contributed by atoms with Crippen LogP contribution in [0.4, 0.5) is 4.39 Å². The molecule has 0 aliphatic carbocycles. The second-order valence-electron chi connectivity index (χ2n) is 3.95. The summed E-state index contributed by atoms with van der Waals surface area (Å²) in [7, 11) is 1.52. The number of hydrogen-bond donors (Lipinski definition) is 1. The molecular weight excluding hydrogens is 195 g/mol. The largest absolute Gasteiger partial charge is 0.496 e. The zero-order valence-corrected chi connectivity index (χ0v) is 9.54. The fraction of sp³-hybridized carbons (Fsp3) is 0.500. The predicted octanol–water partition coefficient (Wildman–Crippen LogP) is 3.01. The van der Waals surface area contributed by atoms with Gasteiger partial charge in [0.1, 0.15) is 11.6 Å². The highest BCUT2D eigenvalue weighted by Crippen LogP contribution is 2.31. The number of hydrogen-bond acceptors (Lipinski definition) is 2. The zero-order chi connectivity index (χ0) is 11.6. The molecule has 1 unspecified atom stereocenters. The highest BCUT2D eigenvalue weighted by Gasteiger charge is 2.15. The van der Waals surface area contributed by atoms with E-state index in [9.17, 15) is 9.50 Å². The van der Waals surface area contributed by atoms with E-state index < -0.39 is 11.9 Å². The minimum atomic E-state index is -0.798. The van der Waals surface area contributed by atoms with E-state index in [4.69, 9.17) is 4.74 Å². The van der Waals surface area contributed by atoms with E-state index >= 15 is 0 Å². The second kappa shape index (κ2) is 4.62. The third-order valence-corrected chi connectivity index (χ3v) is 2.42. The van der Waals surface area contributed by atoms with Crippen molar-refractivity contribution in [3.05, 3.63) is 29.1 Å². The van der Waals surface area contributed by atoms with Gasteiger partial charge >= 0.3 is 0 Å². The average Bonchev–Trinajstić information content (AvgIpc) is 2.16. The Morgan fingerprint density at radius 2 is 1.80 bits per heavy atom. The Bertz CT molecular complexity index is 346. The minimum absolute atomic E-state index is 0.234. The van der Waals surface area contributed by atoms with Crippen LogP contribution in [0.3, 0.4) is 0 Å². The summed E-state index contributed by atoms with van der Waals surface area (Å²) in [5.74, 6) is 0.344. The Labute approximate surface area is 89.7 Å². The summed E-state index contributed by atoms with van der Waals surface area (Å²) in [5.41, 5.74) is 1.23. The molecule has 0 aromatic heterocycles. The van der Waals surface area contributed by atoms with Gasteiger partial charge in [-0.05, 0) is 24.5 Å². The van der Waals surface area contributed by atoms with Gasteiger partial charge in [-0.3, -0.25) is 0 Å². The topological polar surface area (TPSA) is 29.5 Å². The molecule has 0 spiro atoms. The summed E-state index contributed by atoms with van der Waals surface area (Å²) >= 11 is 0. The summed E-state index contributed by atoms with van der Waals surface area (Å²) < 4.78 is 18.6. The van der Waals surface area contributed by atoms with Crippen molar-refractivity contribution in [2.75, 3.05) is 7.11 Å². The number of halogens is 1. The van der Waals surface area contributed by atoms with E-state index in [1.54, 1.807) is 13.0 Å². The molecule has 3 heteroatoms. The van der Waals surface area contributed by atoms with Crippen LogP contribution in [-0.4, -0.2) is 12.2 Å². The van der Waals surface area contributed by atoms with Crippen molar-refractivity contribution < 1.29 is 14.2 Å². The first kappa shape index (κ1) is 12.0. The molecule has 1 N–H and O–H groups in total. The molecule has 0 fully saturated rings. The standard InChI is InChI=1S/C12H17FO2/c1-7(2)9-5-10(8(3)14)11(13)6-12(9)15-4/h5-8,14H,1-4H3. The van der Waals surface area contributed by atoms with Crippen LogP contribution in [0.15, 0.2) is 12.1 Å². The third-order valence-electron chi connectivity index (χ3n) is 2.42. The lowest BCUT2D eigenvalue weighted by Crippen LogP contribution is -2.02. The van der Waals surface area contributed by atoms with E-state index in [0.29, 0.717) is 11.3 Å². The predicted molar refractivity (Wildman–Crippen MR) is 57.7 cm³/mol. The molecule has 15 heavy (non-hydrogen) atoms. The summed E-state index contributed by atoms with van der Waals surface area (Å²) in [6, 6.07) is 3.00. The van der Waals surface area contributed by atoms with Crippen molar-refractivity contribution in [3.8, 4) is 5.75 Å². The lowest BCUT2D eigenvalue weighted by Gasteiger charge is -2.15. The molecule has 0 bridgehead atoms. The van der Waals surface area contributed by atoms with E-state index in [-0.39, 0.29) is 5.92 Å². The summed E-state index contributed by atoms with van der Waals surface area (Å²) in [6.07, 6.45) is -0.798. The highest BCUT2D eigenvalue weighted by molar-refractivity contribution is 5.40. The summed E-state index contributed by atoms with van der Waals surface area (Å²) in [5, 5.41) is 9.39. The Morgan fingerprint density at radius 1 is 1.20 bits per heavy atom. The van der Waals surface area contributed by atoms with Crippen molar-refractivity contribution in [3.63, 3.8) is 0 Å². The summed E-state index contributed by atoms with van der Waals surface area (Å²) in [4.78, 5) is 0. The molecule has 0 saturated carbocycles. The Hall–Kier alpha value is -1.09. The Balaban J connectivity index is 3.30. The first-order valence-electron chi connectivity index (χ1n) is 5.02. The van der Waals surface area contributed by atoms with Gasteiger partial charge < -0.3 is 9.84 Å². The maximum Gasteiger partial charge on any atom is 0.132 e. The number of methoxy groups -OCH3 is 1. The molecule has 2 nitrogen and oxygen atoms in total. The molecule has 1 rings (SSSR count). The van der Waals surface area contributed by atoms with Crippen LogP contribution in [0.2, 0.25) is 0 Å². The Morgan fingerprint density at radius 3 is 2.20 bits per heavy atom. The van der Waals surface area contributed by atoms with Crippen LogP contribution in [0.25, 0.3) is 0 Å². The van der Waals surface area contributed by atoms with Gasteiger partial charge in [-0.15, -0.1) is 0 Å². The first-order chi connectivity index (χ1) is 6.97. The third kappa shape index (κ3) is 2.48. The average molecular weight is 212 g/mol. The van der Waals surface area contributed by atoms with Gasteiger partial charge in [0.15, 0.2) is 0 Å². The van der Waals surface area contributed by atoms with Gasteiger partial charge in [-0.1, -0.05) is 13.8 Å². The van der Waals surface area contributed by atoms with Gasteiger partial charge in [0.2, 0.25) is 0 Å². The molecule has 0 radical (unpaired) electrons. The maximum atomic E-state index is 13.5. The second-order valence-corrected chi connectivity index (χ2v) is 3.95. The number of aliphatic hydroxyl groups excluding tert-OH is 1. The van der Waals surface area contributed by atoms with Crippen molar-refractivity contribution in [1.82, 2.24) is 0 Å². The molecule has 0 aliphatic heterocycles. The first-order valence-corrected chi connectivity index (χ1v) is 5.02. The van der Waals surface area contributed by atoms with Crippen LogP contribution in [-0.2, 0) is 0 Å². The fourth-order valence-corrected chi connectivity index (χ4v) is 1.54. The van der Waals surface area contributed by atoms with Gasteiger partial charge in [0.05, 0.1) is 13.2 Å². The molecule has 0 saturated heterocycles. The van der Waals surface area contributed by atoms with Crippen molar-refractivity contribution in [2.45, 2.75) is 32.8 Å². The number of ether oxygens (including phenoxy) is 1. The summed E-state index contributed by atoms with van der Waals surface area (Å²) in [6.45, 7) is 5.55. The van der Waals surface area contributed by atoms with E-state index in [1.165, 1.54) is 13.2 Å². The van der Waals surface area contributed by atoms with Gasteiger partial charge in [0, 0.05) is 11.6 Å². The molecule has 1 aromatic carbocycles. The molecule has 84 valence electrons. The number of benzene rings is 1. The van der Waals surface area contributed by atoms with Crippen LogP contribution >= 0.6 is 0 Å². The Kier molecular flexibility index (Phi) is 3.69. The molecule has 0 heterocycles. The molecule has 1 atom stereocenters. The minimum Gasteiger partial charge on any atom is -0.496 e. The van der Waals surface area contributed by atoms with Gasteiger partial charge in [-0.2, -0.15) is 0 Å². The zero-order valence-electron chi connectivity index (χ0n) is 9.54. The van der Waals surface area contributed by atoms with Crippen LogP contribution in [0, 0.1) is 5.82 Å². The van der Waals surface area contributed by atoms with E-state index in [0.717, 1.165) is 5.56 Å². The monoisotopic (exact) mass is 212 g/mol. The number of aliphatic hydroxyl groups is 1. The van der Waals surface area contributed by atoms with E-state index in [2.05, 4.69) is 0 Å². The van der Waals surface area contributed by atoms with Crippen LogP contribution < -0.4 is 4.74 Å². The smallest absolute Gasteiger partial charge is 0.132 e. The van der Waals surface area contributed by atoms with Crippen molar-refractivity contribution in [1.29, 1.82) is 0 Å². The van der Waals surface area contributed by atoms with Crippen molar-refractivity contribution in [2.24, 2.45) is 0 Å². The van der Waals surface area contributed by atoms with Crippen LogP contribution in [0.5, 0.6) is 5.75 Å². The van der Waals surface area contributed by atoms with Gasteiger partial charge in [-0.25, -0.2) is 4.39 Å². The molecule has 0 aliphatic rings. The van der Waals surface area contributed by atoms with Crippen molar-refractivity contribution >= 4 is 0 Å². The molecular formula is C12H17FO2. The molecule has 0 amide bonds. The van der Waals surface area contributed by atoms with E-state index in [1.807, 2.05) is 13.8 Å². The maximum absolute atomic E-state index is 13.5. The fourth-order valence-electron chi connectivity index (χ4n) is 1.54. The lowest BCUT2D eigenvalue weighted by atomic mass is 9.97. The SMILES string of the molecule is COc1cc(F)c(C(C)O)cc1C(C)C. The molecule has 1 aromatic rings. The van der Waals surface area contributed by atoms with Crippen LogP contribution in [0.1, 0.15) is 43.9 Å². The lowest BCUT2D eigenvalue weighted by molar-refractivity contribution is 0.194.